The molecule has 10 heteroatoms. The van der Waals surface area contributed by atoms with Crippen molar-refractivity contribution in [1.82, 2.24) is 14.3 Å². The molecule has 0 bridgehead atoms. The third-order valence-electron chi connectivity index (χ3n) is 7.34. The van der Waals surface area contributed by atoms with Crippen molar-refractivity contribution in [2.45, 2.75) is 33.7 Å². The number of aliphatic imine (C=N–C) groups is 1. The molecule has 2 aromatic carbocycles. The van der Waals surface area contributed by atoms with Gasteiger partial charge in [0.1, 0.15) is 5.92 Å². The Morgan fingerprint density at radius 3 is 2.26 bits per heavy atom. The number of carbonyl (C=O) groups is 2. The second-order valence-corrected chi connectivity index (χ2v) is 11.8. The van der Waals surface area contributed by atoms with E-state index in [2.05, 4.69) is 22.0 Å². The highest BCUT2D eigenvalue weighted by molar-refractivity contribution is 6.42. The van der Waals surface area contributed by atoms with Crippen LogP contribution in [0.3, 0.4) is 0 Å². The normalized spacial score (nSPS) is 19.5. The fourth-order valence-corrected chi connectivity index (χ4v) is 5.75. The summed E-state index contributed by atoms with van der Waals surface area (Å²) in [6.45, 7) is 9.44. The SMILES string of the molecule is CC1=Nc2cc(=O)n(C(=O)C(C)(C)C)n2C(c2cccc(Cl)c2Cl)C1C(=O)N1CCN(c2ccccc2)CC1. The number of benzene rings is 2. The maximum atomic E-state index is 14.2. The summed E-state index contributed by atoms with van der Waals surface area (Å²) in [5, 5.41) is 0.592. The van der Waals surface area contributed by atoms with E-state index in [4.69, 9.17) is 23.2 Å². The van der Waals surface area contributed by atoms with Gasteiger partial charge in [0.15, 0.2) is 5.82 Å². The minimum atomic E-state index is -0.856. The highest BCUT2D eigenvalue weighted by atomic mass is 35.5. The van der Waals surface area contributed by atoms with Gasteiger partial charge in [0.05, 0.1) is 16.1 Å². The second kappa shape index (κ2) is 10.3. The van der Waals surface area contributed by atoms with Crippen molar-refractivity contribution in [3.8, 4) is 0 Å². The number of carbonyl (C=O) groups excluding carboxylic acids is 2. The molecular formula is C29H31Cl2N5O3. The summed E-state index contributed by atoms with van der Waals surface area (Å²) in [5.41, 5.74) is 0.851. The summed E-state index contributed by atoms with van der Waals surface area (Å²) < 4.78 is 2.63. The lowest BCUT2D eigenvalue weighted by molar-refractivity contribution is -0.134. The van der Waals surface area contributed by atoms with Crippen LogP contribution in [-0.4, -0.2) is 58.0 Å². The van der Waals surface area contributed by atoms with Crippen LogP contribution in [0, 0.1) is 11.3 Å². The Labute approximate surface area is 237 Å². The van der Waals surface area contributed by atoms with E-state index >= 15 is 0 Å². The molecule has 5 rings (SSSR count). The molecule has 0 spiro atoms. The van der Waals surface area contributed by atoms with Crippen molar-refractivity contribution in [3.63, 3.8) is 0 Å². The van der Waals surface area contributed by atoms with E-state index in [-0.39, 0.29) is 10.9 Å². The Morgan fingerprint density at radius 1 is 0.949 bits per heavy atom. The molecular weight excluding hydrogens is 537 g/mol. The van der Waals surface area contributed by atoms with Crippen LogP contribution < -0.4 is 10.5 Å². The Kier molecular flexibility index (Phi) is 7.20. The zero-order valence-electron chi connectivity index (χ0n) is 22.4. The maximum Gasteiger partial charge on any atom is 0.276 e. The lowest BCUT2D eigenvalue weighted by atomic mass is 9.86. The van der Waals surface area contributed by atoms with E-state index in [0.29, 0.717) is 48.3 Å². The molecule has 204 valence electrons. The maximum absolute atomic E-state index is 14.2. The fraction of sp³-hybridized carbons (Fsp3) is 0.379. The van der Waals surface area contributed by atoms with E-state index < -0.39 is 28.8 Å². The number of nitrogens with zero attached hydrogens (tertiary/aromatic N) is 5. The van der Waals surface area contributed by atoms with Crippen molar-refractivity contribution < 1.29 is 9.59 Å². The van der Waals surface area contributed by atoms with Gasteiger partial charge in [-0.05, 0) is 30.7 Å². The predicted molar refractivity (Wildman–Crippen MR) is 155 cm³/mol. The number of piperazine rings is 1. The van der Waals surface area contributed by atoms with Gasteiger partial charge < -0.3 is 9.80 Å². The summed E-state index contributed by atoms with van der Waals surface area (Å²) in [7, 11) is 0. The first-order valence-corrected chi connectivity index (χ1v) is 13.7. The monoisotopic (exact) mass is 567 g/mol. The van der Waals surface area contributed by atoms with Crippen LogP contribution in [-0.2, 0) is 4.79 Å². The van der Waals surface area contributed by atoms with E-state index in [1.165, 1.54) is 10.7 Å². The van der Waals surface area contributed by atoms with E-state index in [9.17, 15) is 14.4 Å². The molecule has 0 N–H and O–H groups in total. The molecule has 1 saturated heterocycles. The number of halogens is 2. The number of anilines is 1. The minimum absolute atomic E-state index is 0.133. The van der Waals surface area contributed by atoms with Gasteiger partial charge in [-0.25, -0.2) is 9.67 Å². The molecule has 0 aliphatic carbocycles. The third kappa shape index (κ3) is 4.92. The molecule has 1 amide bonds. The van der Waals surface area contributed by atoms with Crippen LogP contribution in [0.25, 0.3) is 0 Å². The van der Waals surface area contributed by atoms with Crippen LogP contribution in [0.5, 0.6) is 0 Å². The lowest BCUT2D eigenvalue weighted by Gasteiger charge is -2.40. The largest absolute Gasteiger partial charge is 0.368 e. The third-order valence-corrected chi connectivity index (χ3v) is 8.18. The number of fused-ring (bicyclic) bond motifs is 1. The van der Waals surface area contributed by atoms with Crippen LogP contribution >= 0.6 is 23.2 Å². The first-order chi connectivity index (χ1) is 18.5. The van der Waals surface area contributed by atoms with Crippen molar-refractivity contribution in [1.29, 1.82) is 0 Å². The number of amides is 1. The molecule has 3 aromatic rings. The van der Waals surface area contributed by atoms with Gasteiger partial charge in [-0.1, -0.05) is 74.3 Å². The Hall–Kier alpha value is -3.36. The first kappa shape index (κ1) is 27.2. The van der Waals surface area contributed by atoms with Crippen molar-refractivity contribution in [3.05, 3.63) is 80.6 Å². The zero-order valence-corrected chi connectivity index (χ0v) is 23.9. The standard InChI is InChI=1S/C29H31Cl2N5O3/c1-18-24(27(38)34-15-13-33(14-16-34)19-9-6-5-7-10-19)26(20-11-8-12-21(30)25(20)31)35-22(32-18)17-23(37)36(35)28(39)29(2,3)4/h5-12,17,24,26H,13-16H2,1-4H3. The molecule has 1 fully saturated rings. The van der Waals surface area contributed by atoms with E-state index in [1.54, 1.807) is 45.9 Å². The van der Waals surface area contributed by atoms with Gasteiger partial charge in [0.2, 0.25) is 5.91 Å². The number of hydrogen-bond donors (Lipinski definition) is 0. The minimum Gasteiger partial charge on any atom is -0.368 e. The van der Waals surface area contributed by atoms with E-state index in [1.807, 2.05) is 23.1 Å². The van der Waals surface area contributed by atoms with Gasteiger partial charge in [-0.3, -0.25) is 14.4 Å². The van der Waals surface area contributed by atoms with Crippen LogP contribution in [0.2, 0.25) is 10.0 Å². The molecule has 1 aromatic heterocycles. The van der Waals surface area contributed by atoms with Gasteiger partial charge in [-0.2, -0.15) is 4.68 Å². The topological polar surface area (TPSA) is 79.9 Å². The number of aromatic nitrogens is 2. The fourth-order valence-electron chi connectivity index (χ4n) is 5.33. The lowest BCUT2D eigenvalue weighted by Crippen LogP contribution is -2.53. The predicted octanol–water partition coefficient (Wildman–Crippen LogP) is 5.30. The van der Waals surface area contributed by atoms with Crippen LogP contribution in [0.1, 0.15) is 44.1 Å². The summed E-state index contributed by atoms with van der Waals surface area (Å²) in [6.07, 6.45) is 0. The summed E-state index contributed by atoms with van der Waals surface area (Å²) in [4.78, 5) is 49.7. The van der Waals surface area contributed by atoms with Gasteiger partial charge >= 0.3 is 0 Å². The summed E-state index contributed by atoms with van der Waals surface area (Å²) in [5.74, 6) is -1.03. The molecule has 0 radical (unpaired) electrons. The van der Waals surface area contributed by atoms with Crippen molar-refractivity contribution >= 4 is 52.2 Å². The summed E-state index contributed by atoms with van der Waals surface area (Å²) >= 11 is 13.1. The molecule has 2 unspecified atom stereocenters. The Morgan fingerprint density at radius 2 is 1.62 bits per heavy atom. The average Bonchev–Trinajstić information content (AvgIpc) is 3.23. The molecule has 2 atom stereocenters. The Balaban J connectivity index is 1.58. The number of para-hydroxylation sites is 1. The van der Waals surface area contributed by atoms with E-state index in [0.717, 1.165) is 10.4 Å². The highest BCUT2D eigenvalue weighted by Crippen LogP contribution is 2.42. The molecule has 2 aliphatic rings. The van der Waals surface area contributed by atoms with Crippen LogP contribution in [0.4, 0.5) is 11.5 Å². The average molecular weight is 569 g/mol. The molecule has 0 saturated carbocycles. The quantitative estimate of drug-likeness (QED) is 0.430. The smallest absolute Gasteiger partial charge is 0.276 e. The molecule has 2 aliphatic heterocycles. The zero-order chi connectivity index (χ0) is 28.1. The first-order valence-electron chi connectivity index (χ1n) is 13.0. The second-order valence-electron chi connectivity index (χ2n) is 11.0. The molecule has 39 heavy (non-hydrogen) atoms. The molecule has 3 heterocycles. The van der Waals surface area contributed by atoms with Crippen LogP contribution in [0.15, 0.2) is 64.4 Å². The number of hydrogen-bond acceptors (Lipinski definition) is 5. The highest BCUT2D eigenvalue weighted by Gasteiger charge is 2.44. The molecule has 8 nitrogen and oxygen atoms in total. The van der Waals surface area contributed by atoms with Gasteiger partial charge in [0.25, 0.3) is 11.5 Å². The van der Waals surface area contributed by atoms with Gasteiger partial charge in [-0.15, -0.1) is 0 Å². The van der Waals surface area contributed by atoms with Crippen molar-refractivity contribution in [2.75, 3.05) is 31.1 Å². The van der Waals surface area contributed by atoms with Gasteiger partial charge in [0, 0.05) is 49.1 Å². The number of rotatable bonds is 3. The summed E-state index contributed by atoms with van der Waals surface area (Å²) in [6, 6.07) is 15.8. The Bertz CT molecular complexity index is 1510. The van der Waals surface area contributed by atoms with Crippen molar-refractivity contribution in [2.24, 2.45) is 16.3 Å².